The van der Waals surface area contributed by atoms with Gasteiger partial charge in [0.15, 0.2) is 0 Å². The molecule has 8 heteroatoms. The molecule has 3 amide bonds. The first-order chi connectivity index (χ1) is 13.0. The smallest absolute Gasteiger partial charge is 0.270 e. The number of nitrogens with zero attached hydrogens (tertiary/aromatic N) is 6. The van der Waals surface area contributed by atoms with E-state index in [4.69, 9.17) is 0 Å². The summed E-state index contributed by atoms with van der Waals surface area (Å²) in [6.07, 6.45) is 1.55. The van der Waals surface area contributed by atoms with Crippen molar-refractivity contribution in [1.29, 1.82) is 0 Å². The summed E-state index contributed by atoms with van der Waals surface area (Å²) in [7, 11) is 3.48. The van der Waals surface area contributed by atoms with Crippen LogP contribution in [0.3, 0.4) is 0 Å². The number of benzene rings is 1. The van der Waals surface area contributed by atoms with Gasteiger partial charge in [-0.1, -0.05) is 35.3 Å². The van der Waals surface area contributed by atoms with Crippen LogP contribution in [-0.4, -0.2) is 82.1 Å². The Bertz CT molecular complexity index is 889. The Hall–Kier alpha value is -3.03. The van der Waals surface area contributed by atoms with Crippen LogP contribution in [0.1, 0.15) is 18.9 Å². The molecule has 0 N–H and O–H groups in total. The van der Waals surface area contributed by atoms with Crippen molar-refractivity contribution < 1.29 is 14.2 Å². The third-order valence-electron chi connectivity index (χ3n) is 5.09. The Morgan fingerprint density at radius 3 is 2.67 bits per heavy atom. The number of urea groups is 1. The monoisotopic (exact) mass is 367 g/mol. The third kappa shape index (κ3) is 2.90. The molecule has 140 valence electrons. The van der Waals surface area contributed by atoms with Gasteiger partial charge in [-0.2, -0.15) is 0 Å². The molecule has 8 nitrogen and oxygen atoms in total. The van der Waals surface area contributed by atoms with Crippen molar-refractivity contribution in [2.24, 2.45) is 10.1 Å². The van der Waals surface area contributed by atoms with Crippen molar-refractivity contribution in [3.05, 3.63) is 35.9 Å². The highest BCUT2D eigenvalue weighted by atomic mass is 16.2. The number of rotatable bonds is 4. The molecule has 3 aliphatic heterocycles. The number of aryl methyl sites for hydroxylation is 1. The Morgan fingerprint density at radius 2 is 1.93 bits per heavy atom. The highest BCUT2D eigenvalue weighted by Crippen LogP contribution is 2.22. The number of carbonyl (C=O) groups is 2. The molecule has 0 aromatic heterocycles. The first-order valence-corrected chi connectivity index (χ1v) is 9.10. The number of aliphatic imine (C=N–C) groups is 1. The number of amides is 3. The van der Waals surface area contributed by atoms with Crippen LogP contribution in [0.25, 0.3) is 0 Å². The van der Waals surface area contributed by atoms with Crippen LogP contribution in [0, 0.1) is 0 Å². The summed E-state index contributed by atoms with van der Waals surface area (Å²) >= 11 is 0. The molecule has 3 heterocycles. The Labute approximate surface area is 158 Å². The lowest BCUT2D eigenvalue weighted by Crippen LogP contribution is -2.63. The second-order valence-corrected chi connectivity index (χ2v) is 7.08. The van der Waals surface area contributed by atoms with Gasteiger partial charge in [0.1, 0.15) is 6.54 Å². The third-order valence-corrected chi connectivity index (χ3v) is 5.09. The predicted molar refractivity (Wildman–Crippen MR) is 102 cm³/mol. The van der Waals surface area contributed by atoms with Gasteiger partial charge in [-0.3, -0.25) is 14.6 Å². The van der Waals surface area contributed by atoms with Crippen molar-refractivity contribution in [3.63, 3.8) is 0 Å². The van der Waals surface area contributed by atoms with Gasteiger partial charge in [0.25, 0.3) is 5.91 Å². The van der Waals surface area contributed by atoms with Gasteiger partial charge < -0.3 is 0 Å². The van der Waals surface area contributed by atoms with Crippen LogP contribution in [-0.2, 0) is 11.2 Å². The van der Waals surface area contributed by atoms with Gasteiger partial charge in [-0.25, -0.2) is 9.37 Å². The summed E-state index contributed by atoms with van der Waals surface area (Å²) in [5.41, 5.74) is 2.10. The zero-order valence-electron chi connectivity index (χ0n) is 15.8. The van der Waals surface area contributed by atoms with E-state index in [0.29, 0.717) is 24.9 Å². The lowest BCUT2D eigenvalue weighted by atomic mass is 10.1. The van der Waals surface area contributed by atoms with E-state index in [1.54, 1.807) is 19.1 Å². The second-order valence-electron chi connectivity index (χ2n) is 7.08. The number of hydrogen-bond acceptors (Lipinski definition) is 5. The van der Waals surface area contributed by atoms with Crippen molar-refractivity contribution in [1.82, 2.24) is 14.8 Å². The van der Waals surface area contributed by atoms with Gasteiger partial charge in [-0.15, -0.1) is 10.1 Å². The van der Waals surface area contributed by atoms with E-state index in [1.165, 1.54) is 15.4 Å². The molecule has 0 radical (unpaired) electrons. The number of hydrogen-bond donors (Lipinski definition) is 0. The first-order valence-electron chi connectivity index (χ1n) is 9.10. The Kier molecular flexibility index (Phi) is 4.25. The van der Waals surface area contributed by atoms with Crippen molar-refractivity contribution >= 4 is 29.4 Å². The molecule has 1 aromatic carbocycles. The first kappa shape index (κ1) is 17.4. The SMILES string of the molecule is CC1=NN(C)C2=[N+](C1)C1C(=O)N(CCCc3ccccc3)C(=O)N(C)C1=N2. The Balaban J connectivity index is 1.53. The minimum absolute atomic E-state index is 0.206. The largest absolute Gasteiger partial charge is 0.416 e. The summed E-state index contributed by atoms with van der Waals surface area (Å²) in [4.78, 5) is 33.3. The number of fused-ring (bicyclic) bond motifs is 2. The fourth-order valence-electron chi connectivity index (χ4n) is 3.80. The topological polar surface area (TPSA) is 71.6 Å². The highest BCUT2D eigenvalue weighted by Gasteiger charge is 2.53. The molecule has 1 fully saturated rings. The number of carbonyl (C=O) groups excluding carboxylic acids is 2. The van der Waals surface area contributed by atoms with Crippen LogP contribution in [0.15, 0.2) is 40.4 Å². The van der Waals surface area contributed by atoms with Crippen molar-refractivity contribution in [3.8, 4) is 0 Å². The maximum Gasteiger partial charge on any atom is 0.416 e. The summed E-state index contributed by atoms with van der Waals surface area (Å²) in [5.74, 6) is 0.888. The second kappa shape index (κ2) is 6.61. The quantitative estimate of drug-likeness (QED) is 0.745. The predicted octanol–water partition coefficient (Wildman–Crippen LogP) is 0.984. The van der Waals surface area contributed by atoms with Crippen LogP contribution in [0.4, 0.5) is 4.79 Å². The number of guanidine groups is 1. The minimum atomic E-state index is -0.563. The normalized spacial score (nSPS) is 22.0. The lowest BCUT2D eigenvalue weighted by Gasteiger charge is -2.34. The van der Waals surface area contributed by atoms with E-state index in [9.17, 15) is 9.59 Å². The summed E-state index contributed by atoms with van der Waals surface area (Å²) in [5, 5.41) is 6.05. The van der Waals surface area contributed by atoms with Crippen LogP contribution in [0.2, 0.25) is 0 Å². The number of likely N-dealkylation sites (N-methyl/N-ethyl adjacent to an activating group) is 1. The van der Waals surface area contributed by atoms with Crippen molar-refractivity contribution in [2.75, 3.05) is 27.2 Å². The zero-order valence-corrected chi connectivity index (χ0v) is 15.8. The zero-order chi connectivity index (χ0) is 19.1. The molecule has 0 aliphatic carbocycles. The molecular formula is C19H23N6O2+. The number of amidine groups is 1. The van der Waals surface area contributed by atoms with Gasteiger partial charge in [0, 0.05) is 13.6 Å². The number of imide groups is 1. The van der Waals surface area contributed by atoms with Crippen molar-refractivity contribution in [2.45, 2.75) is 25.8 Å². The molecular weight excluding hydrogens is 344 g/mol. The average Bonchev–Trinajstić information content (AvgIpc) is 3.03. The molecule has 1 aromatic rings. The summed E-state index contributed by atoms with van der Waals surface area (Å²) in [6, 6.07) is 9.20. The average molecular weight is 367 g/mol. The standard InChI is InChI=1S/C19H23N6O2/c1-13-12-25-15-16(20-18(25)23(3)21-13)22(2)19(27)24(17(15)26)11-7-10-14-8-5-4-6-9-14/h4-6,8-9,15H,7,10-12H2,1-3H3/q+1. The summed E-state index contributed by atoms with van der Waals surface area (Å²) in [6.45, 7) is 2.85. The highest BCUT2D eigenvalue weighted by molar-refractivity contribution is 6.23. The van der Waals surface area contributed by atoms with E-state index in [2.05, 4.69) is 22.2 Å². The molecule has 1 atom stereocenters. The molecule has 27 heavy (non-hydrogen) atoms. The van der Waals surface area contributed by atoms with E-state index >= 15 is 0 Å². The Morgan fingerprint density at radius 1 is 1.19 bits per heavy atom. The molecule has 3 aliphatic rings. The molecule has 0 bridgehead atoms. The molecule has 0 spiro atoms. The van der Waals surface area contributed by atoms with Gasteiger partial charge in [0.05, 0.1) is 12.8 Å². The van der Waals surface area contributed by atoms with E-state index in [0.717, 1.165) is 18.6 Å². The molecule has 0 saturated carbocycles. The summed E-state index contributed by atoms with van der Waals surface area (Å²) < 4.78 is 1.92. The fourth-order valence-corrected chi connectivity index (χ4v) is 3.80. The maximum atomic E-state index is 13.2. The fraction of sp³-hybridized carbons (Fsp3) is 0.421. The van der Waals surface area contributed by atoms with E-state index in [-0.39, 0.29) is 11.9 Å². The molecule has 4 rings (SSSR count). The van der Waals surface area contributed by atoms with E-state index in [1.807, 2.05) is 29.7 Å². The molecule has 1 unspecified atom stereocenters. The van der Waals surface area contributed by atoms with Crippen LogP contribution >= 0.6 is 0 Å². The van der Waals surface area contributed by atoms with Crippen LogP contribution < -0.4 is 0 Å². The molecule has 1 saturated heterocycles. The lowest BCUT2D eigenvalue weighted by molar-refractivity contribution is -0.527. The van der Waals surface area contributed by atoms with Crippen LogP contribution in [0.5, 0.6) is 0 Å². The van der Waals surface area contributed by atoms with Gasteiger partial charge in [0.2, 0.25) is 11.9 Å². The van der Waals surface area contributed by atoms with Gasteiger partial charge in [-0.05, 0) is 25.3 Å². The van der Waals surface area contributed by atoms with Gasteiger partial charge >= 0.3 is 12.0 Å². The minimum Gasteiger partial charge on any atom is -0.270 e. The number of hydrazone groups is 1. The maximum absolute atomic E-state index is 13.2. The van der Waals surface area contributed by atoms with E-state index < -0.39 is 6.04 Å².